The van der Waals surface area contributed by atoms with Crippen LogP contribution in [0.3, 0.4) is 0 Å². The number of ether oxygens (including phenoxy) is 2. The molecule has 2 fully saturated rings. The standard InChI is InChI=1S/C44H84N2O6/c1-11-13-15-17-23-27-31-49-45-35-41(3,4)37(33-43(45,7)8)51-39(47)29-25-21-19-20-22-26-30-40(48)52-38-34-44(9,10)46(36-42(38,5)6)50-32-28-24-18-16-14-12-2/h37-38H,11-36H2,1-10H3. The third-order valence-corrected chi connectivity index (χ3v) is 11.6. The van der Waals surface area contributed by atoms with Crippen molar-refractivity contribution in [2.75, 3.05) is 26.3 Å². The van der Waals surface area contributed by atoms with E-state index in [9.17, 15) is 9.59 Å². The molecule has 0 N–H and O–H groups in total. The zero-order valence-corrected chi connectivity index (χ0v) is 35.9. The van der Waals surface area contributed by atoms with E-state index in [1.165, 1.54) is 64.2 Å². The monoisotopic (exact) mass is 737 g/mol. The molecule has 0 amide bonds. The summed E-state index contributed by atoms with van der Waals surface area (Å²) in [6.45, 7) is 25.1. The topological polar surface area (TPSA) is 77.5 Å². The quantitative estimate of drug-likeness (QED) is 0.0609. The van der Waals surface area contributed by atoms with Crippen molar-refractivity contribution in [3.05, 3.63) is 0 Å². The Morgan fingerprint density at radius 3 is 1.13 bits per heavy atom. The summed E-state index contributed by atoms with van der Waals surface area (Å²) in [5.74, 6) is -0.168. The third kappa shape index (κ3) is 17.5. The number of hydroxylamine groups is 4. The minimum absolute atomic E-state index is 0.0839. The predicted octanol–water partition coefficient (Wildman–Crippen LogP) is 11.5. The van der Waals surface area contributed by atoms with Crippen molar-refractivity contribution in [1.29, 1.82) is 0 Å². The second kappa shape index (κ2) is 23.6. The number of unbranched alkanes of at least 4 members (excludes halogenated alkanes) is 15. The molecule has 2 heterocycles. The Balaban J connectivity index is 1.59. The maximum Gasteiger partial charge on any atom is 0.306 e. The number of nitrogens with zero attached hydrogens (tertiary/aromatic N) is 2. The van der Waals surface area contributed by atoms with Crippen LogP contribution in [0, 0.1) is 10.8 Å². The van der Waals surface area contributed by atoms with Crippen LogP contribution in [-0.4, -0.2) is 71.7 Å². The molecule has 8 nitrogen and oxygen atoms in total. The van der Waals surface area contributed by atoms with Gasteiger partial charge in [0, 0.05) is 60.7 Å². The molecule has 2 saturated heterocycles. The molecule has 2 rings (SSSR count). The minimum Gasteiger partial charge on any atom is -0.462 e. The Morgan fingerprint density at radius 2 is 0.788 bits per heavy atom. The van der Waals surface area contributed by atoms with Gasteiger partial charge in [0.1, 0.15) is 12.2 Å². The molecule has 306 valence electrons. The smallest absolute Gasteiger partial charge is 0.306 e. The highest BCUT2D eigenvalue weighted by Gasteiger charge is 2.48. The van der Waals surface area contributed by atoms with E-state index in [1.54, 1.807) is 0 Å². The Hall–Kier alpha value is -1.22. The van der Waals surface area contributed by atoms with Gasteiger partial charge in [-0.1, -0.05) is 131 Å². The summed E-state index contributed by atoms with van der Waals surface area (Å²) in [4.78, 5) is 38.2. The zero-order chi connectivity index (χ0) is 38.7. The van der Waals surface area contributed by atoms with Gasteiger partial charge in [-0.3, -0.25) is 19.3 Å². The lowest BCUT2D eigenvalue weighted by molar-refractivity contribution is -0.267. The molecule has 0 aliphatic carbocycles. The fourth-order valence-corrected chi connectivity index (χ4v) is 7.67. The average molecular weight is 737 g/mol. The lowest BCUT2D eigenvalue weighted by Crippen LogP contribution is -2.59. The van der Waals surface area contributed by atoms with Crippen molar-refractivity contribution < 1.29 is 28.7 Å². The molecule has 0 radical (unpaired) electrons. The zero-order valence-electron chi connectivity index (χ0n) is 35.9. The molecule has 2 aliphatic rings. The lowest BCUT2D eigenvalue weighted by atomic mass is 9.75. The van der Waals surface area contributed by atoms with Crippen LogP contribution in [0.25, 0.3) is 0 Å². The van der Waals surface area contributed by atoms with E-state index >= 15 is 0 Å². The first-order valence-electron chi connectivity index (χ1n) is 21.7. The first-order chi connectivity index (χ1) is 24.5. The van der Waals surface area contributed by atoms with Crippen LogP contribution in [-0.2, 0) is 28.7 Å². The molecule has 0 aromatic carbocycles. The molecule has 0 spiro atoms. The fourth-order valence-electron chi connectivity index (χ4n) is 7.67. The Bertz CT molecular complexity index is 917. The van der Waals surface area contributed by atoms with E-state index in [0.29, 0.717) is 12.8 Å². The van der Waals surface area contributed by atoms with Crippen molar-refractivity contribution in [3.63, 3.8) is 0 Å². The average Bonchev–Trinajstić information content (AvgIpc) is 3.05. The van der Waals surface area contributed by atoms with E-state index < -0.39 is 0 Å². The second-order valence-electron chi connectivity index (χ2n) is 18.9. The van der Waals surface area contributed by atoms with Gasteiger partial charge in [0.05, 0.1) is 13.2 Å². The van der Waals surface area contributed by atoms with E-state index in [4.69, 9.17) is 19.1 Å². The number of carbonyl (C=O) groups is 2. The van der Waals surface area contributed by atoms with Gasteiger partial charge < -0.3 is 9.47 Å². The first-order valence-corrected chi connectivity index (χ1v) is 21.7. The highest BCUT2D eigenvalue weighted by Crippen LogP contribution is 2.41. The van der Waals surface area contributed by atoms with E-state index in [-0.39, 0.29) is 46.1 Å². The van der Waals surface area contributed by atoms with Crippen molar-refractivity contribution in [1.82, 2.24) is 10.1 Å². The summed E-state index contributed by atoms with van der Waals surface area (Å²) in [6.07, 6.45) is 23.1. The van der Waals surface area contributed by atoms with Crippen molar-refractivity contribution in [3.8, 4) is 0 Å². The second-order valence-corrected chi connectivity index (χ2v) is 18.9. The molecular weight excluding hydrogens is 652 g/mol. The number of piperidine rings is 2. The Morgan fingerprint density at radius 1 is 0.481 bits per heavy atom. The van der Waals surface area contributed by atoms with Crippen molar-refractivity contribution in [2.45, 2.75) is 234 Å². The summed E-state index contributed by atoms with van der Waals surface area (Å²) in [5.41, 5.74) is -0.696. The SMILES string of the molecule is CCCCCCCCON1CC(C)(C)C(OC(=O)CCCCCCCCC(=O)OC2CC(C)(C)N(OCCCCCCCC)CC2(C)C)CC1(C)C. The number of carbonyl (C=O) groups excluding carboxylic acids is 2. The molecule has 0 aromatic heterocycles. The molecule has 0 saturated carbocycles. The Labute approximate surface area is 321 Å². The third-order valence-electron chi connectivity index (χ3n) is 11.6. The van der Waals surface area contributed by atoms with Gasteiger partial charge >= 0.3 is 11.9 Å². The summed E-state index contributed by atoms with van der Waals surface area (Å²) < 4.78 is 12.2. The largest absolute Gasteiger partial charge is 0.462 e. The molecule has 8 heteroatoms. The molecule has 0 bridgehead atoms. The van der Waals surface area contributed by atoms with Gasteiger partial charge in [0.25, 0.3) is 0 Å². The molecule has 0 aromatic rings. The van der Waals surface area contributed by atoms with Crippen LogP contribution < -0.4 is 0 Å². The van der Waals surface area contributed by atoms with E-state index in [0.717, 1.165) is 90.5 Å². The summed E-state index contributed by atoms with van der Waals surface area (Å²) in [7, 11) is 0. The van der Waals surface area contributed by atoms with E-state index in [2.05, 4.69) is 79.4 Å². The molecule has 52 heavy (non-hydrogen) atoms. The van der Waals surface area contributed by atoms with Crippen LogP contribution >= 0.6 is 0 Å². The molecule has 2 unspecified atom stereocenters. The van der Waals surface area contributed by atoms with Crippen LogP contribution in [0.15, 0.2) is 0 Å². The number of rotatable bonds is 27. The van der Waals surface area contributed by atoms with Crippen LogP contribution in [0.4, 0.5) is 0 Å². The lowest BCUT2D eigenvalue weighted by Gasteiger charge is -2.51. The normalized spacial score (nSPS) is 22.7. The van der Waals surface area contributed by atoms with Gasteiger partial charge in [-0.15, -0.1) is 0 Å². The summed E-state index contributed by atoms with van der Waals surface area (Å²) in [6, 6.07) is 0. The predicted molar refractivity (Wildman–Crippen MR) is 214 cm³/mol. The maximum absolute atomic E-state index is 12.9. The fraction of sp³-hybridized carbons (Fsp3) is 0.955. The van der Waals surface area contributed by atoms with Crippen LogP contribution in [0.1, 0.15) is 210 Å². The van der Waals surface area contributed by atoms with Crippen LogP contribution in [0.2, 0.25) is 0 Å². The number of hydrogen-bond donors (Lipinski definition) is 0. The highest BCUT2D eigenvalue weighted by molar-refractivity contribution is 5.70. The van der Waals surface area contributed by atoms with Gasteiger partial charge in [-0.05, 0) is 53.4 Å². The number of hydrogen-bond acceptors (Lipinski definition) is 8. The highest BCUT2D eigenvalue weighted by atomic mass is 16.7. The minimum atomic E-state index is -0.179. The Kier molecular flexibility index (Phi) is 21.3. The molecule has 2 atom stereocenters. The van der Waals surface area contributed by atoms with Crippen LogP contribution in [0.5, 0.6) is 0 Å². The van der Waals surface area contributed by atoms with Gasteiger partial charge in [0.2, 0.25) is 0 Å². The van der Waals surface area contributed by atoms with Gasteiger partial charge in [-0.2, -0.15) is 10.1 Å². The number of esters is 2. The molecule has 2 aliphatic heterocycles. The van der Waals surface area contributed by atoms with Crippen molar-refractivity contribution >= 4 is 11.9 Å². The van der Waals surface area contributed by atoms with Crippen molar-refractivity contribution in [2.24, 2.45) is 10.8 Å². The summed E-state index contributed by atoms with van der Waals surface area (Å²) >= 11 is 0. The summed E-state index contributed by atoms with van der Waals surface area (Å²) in [5, 5.41) is 4.28. The first kappa shape index (κ1) is 46.9. The van der Waals surface area contributed by atoms with E-state index in [1.807, 2.05) is 0 Å². The molecular formula is C44H84N2O6. The maximum atomic E-state index is 12.9. The van der Waals surface area contributed by atoms with Gasteiger partial charge in [0.15, 0.2) is 0 Å². The van der Waals surface area contributed by atoms with Gasteiger partial charge in [-0.25, -0.2) is 0 Å².